The van der Waals surface area contributed by atoms with Gasteiger partial charge in [-0.25, -0.2) is 0 Å². The maximum absolute atomic E-state index is 3.42. The first-order chi connectivity index (χ1) is 8.75. The van der Waals surface area contributed by atoms with Gasteiger partial charge in [0.2, 0.25) is 0 Å². The van der Waals surface area contributed by atoms with Crippen LogP contribution in [0.5, 0.6) is 0 Å². The fraction of sp³-hybridized carbons (Fsp3) is 0.176. The minimum Gasteiger partial charge on any atom is -0.381 e. The molecule has 0 atom stereocenters. The molecule has 0 aromatic heterocycles. The summed E-state index contributed by atoms with van der Waals surface area (Å²) in [6.45, 7) is 5.10. The quantitative estimate of drug-likeness (QED) is 0.829. The Morgan fingerprint density at radius 1 is 1.00 bits per heavy atom. The van der Waals surface area contributed by atoms with Gasteiger partial charge < -0.3 is 5.32 Å². The molecule has 0 saturated carbocycles. The van der Waals surface area contributed by atoms with Crippen LogP contribution in [-0.2, 0) is 0 Å². The molecule has 1 heteroatoms. The van der Waals surface area contributed by atoms with Crippen molar-refractivity contribution in [3.63, 3.8) is 0 Å². The second kappa shape index (κ2) is 6.06. The zero-order chi connectivity index (χ0) is 12.8. The molecule has 2 aromatic rings. The van der Waals surface area contributed by atoms with E-state index in [1.54, 1.807) is 0 Å². The lowest BCUT2D eigenvalue weighted by Crippen LogP contribution is -2.00. The minimum atomic E-state index is 0.846. The van der Waals surface area contributed by atoms with Crippen LogP contribution in [0.25, 0.3) is 6.08 Å². The van der Waals surface area contributed by atoms with Crippen LogP contribution in [-0.4, -0.2) is 6.54 Å². The van der Waals surface area contributed by atoms with Gasteiger partial charge in [-0.15, -0.1) is 0 Å². The normalized spacial score (nSPS) is 10.8. The molecule has 1 N–H and O–H groups in total. The van der Waals surface area contributed by atoms with Crippen molar-refractivity contribution in [1.82, 2.24) is 0 Å². The average molecular weight is 237 g/mol. The highest BCUT2D eigenvalue weighted by Crippen LogP contribution is 2.15. The van der Waals surface area contributed by atoms with Crippen molar-refractivity contribution in [3.05, 3.63) is 71.3 Å². The number of benzene rings is 2. The van der Waals surface area contributed by atoms with Gasteiger partial charge in [0.25, 0.3) is 0 Å². The third kappa shape index (κ3) is 3.49. The van der Waals surface area contributed by atoms with E-state index in [1.807, 2.05) is 6.07 Å². The fourth-order valence-electron chi connectivity index (χ4n) is 1.94. The molecule has 1 nitrogen and oxygen atoms in total. The predicted octanol–water partition coefficient (Wildman–Crippen LogP) is 4.43. The van der Waals surface area contributed by atoms with Crippen LogP contribution in [0.3, 0.4) is 0 Å². The van der Waals surface area contributed by atoms with E-state index in [2.05, 4.69) is 73.8 Å². The van der Waals surface area contributed by atoms with E-state index in [1.165, 1.54) is 22.4 Å². The highest BCUT2D eigenvalue weighted by atomic mass is 14.9. The molecule has 2 aromatic carbocycles. The number of rotatable bonds is 4. The van der Waals surface area contributed by atoms with E-state index in [4.69, 9.17) is 0 Å². The van der Waals surface area contributed by atoms with Gasteiger partial charge in [0.1, 0.15) is 0 Å². The van der Waals surface area contributed by atoms with E-state index < -0.39 is 0 Å². The van der Waals surface area contributed by atoms with Gasteiger partial charge in [-0.05, 0) is 31.0 Å². The molecule has 0 spiro atoms. The van der Waals surface area contributed by atoms with Crippen molar-refractivity contribution in [2.45, 2.75) is 13.8 Å². The molecule has 0 fully saturated rings. The third-order valence-corrected chi connectivity index (χ3v) is 2.90. The molecule has 0 aliphatic heterocycles. The Balaban J connectivity index is 1.91. The number of hydrogen-bond acceptors (Lipinski definition) is 1. The first kappa shape index (κ1) is 12.4. The number of nitrogens with one attached hydrogen (secondary N) is 1. The lowest BCUT2D eigenvalue weighted by atomic mass is 10.1. The summed E-state index contributed by atoms with van der Waals surface area (Å²) in [7, 11) is 0. The van der Waals surface area contributed by atoms with Crippen LogP contribution >= 0.6 is 0 Å². The van der Waals surface area contributed by atoms with Crippen molar-refractivity contribution < 1.29 is 0 Å². The van der Waals surface area contributed by atoms with E-state index in [0.717, 1.165) is 6.54 Å². The van der Waals surface area contributed by atoms with Crippen LogP contribution in [0.15, 0.2) is 54.6 Å². The monoisotopic (exact) mass is 237 g/mol. The zero-order valence-corrected chi connectivity index (χ0v) is 11.0. The fourth-order valence-corrected chi connectivity index (χ4v) is 1.94. The van der Waals surface area contributed by atoms with E-state index in [-0.39, 0.29) is 0 Å². The maximum atomic E-state index is 3.42. The molecule has 18 heavy (non-hydrogen) atoms. The Kier molecular flexibility index (Phi) is 4.19. The second-order valence-electron chi connectivity index (χ2n) is 4.51. The van der Waals surface area contributed by atoms with Crippen LogP contribution in [0, 0.1) is 13.8 Å². The van der Waals surface area contributed by atoms with Crippen LogP contribution < -0.4 is 5.32 Å². The standard InChI is InChI=1S/C17H19N/c1-14-10-11-17(15(2)13-14)18-12-6-9-16-7-4-3-5-8-16/h3-11,13,18H,12H2,1-2H3. The summed E-state index contributed by atoms with van der Waals surface area (Å²) in [6.07, 6.45) is 4.28. The summed E-state index contributed by atoms with van der Waals surface area (Å²) < 4.78 is 0. The van der Waals surface area contributed by atoms with Crippen molar-refractivity contribution in [1.29, 1.82) is 0 Å². The van der Waals surface area contributed by atoms with Crippen molar-refractivity contribution >= 4 is 11.8 Å². The summed E-state index contributed by atoms with van der Waals surface area (Å²) >= 11 is 0. The van der Waals surface area contributed by atoms with E-state index >= 15 is 0 Å². The summed E-state index contributed by atoms with van der Waals surface area (Å²) in [5.41, 5.74) is 5.04. The van der Waals surface area contributed by atoms with Gasteiger partial charge in [0.15, 0.2) is 0 Å². The largest absolute Gasteiger partial charge is 0.381 e. The number of anilines is 1. The van der Waals surface area contributed by atoms with Gasteiger partial charge in [0.05, 0.1) is 0 Å². The molecule has 2 rings (SSSR count). The Morgan fingerprint density at radius 2 is 1.78 bits per heavy atom. The van der Waals surface area contributed by atoms with Crippen molar-refractivity contribution in [2.24, 2.45) is 0 Å². The first-order valence-electron chi connectivity index (χ1n) is 6.28. The highest BCUT2D eigenvalue weighted by Gasteiger charge is 1.95. The Morgan fingerprint density at radius 3 is 2.50 bits per heavy atom. The summed E-state index contributed by atoms with van der Waals surface area (Å²) in [4.78, 5) is 0. The van der Waals surface area contributed by atoms with Gasteiger partial charge in [-0.3, -0.25) is 0 Å². The average Bonchev–Trinajstić information content (AvgIpc) is 2.38. The molecule has 92 valence electrons. The molecular weight excluding hydrogens is 218 g/mol. The third-order valence-electron chi connectivity index (χ3n) is 2.90. The number of aryl methyl sites for hydroxylation is 2. The Bertz CT molecular complexity index is 527. The topological polar surface area (TPSA) is 12.0 Å². The zero-order valence-electron chi connectivity index (χ0n) is 11.0. The Hall–Kier alpha value is -2.02. The predicted molar refractivity (Wildman–Crippen MR) is 79.9 cm³/mol. The van der Waals surface area contributed by atoms with Gasteiger partial charge in [-0.1, -0.05) is 60.2 Å². The lowest BCUT2D eigenvalue weighted by molar-refractivity contribution is 1.29. The smallest absolute Gasteiger partial charge is 0.0372 e. The summed E-state index contributed by atoms with van der Waals surface area (Å²) in [6, 6.07) is 16.8. The second-order valence-corrected chi connectivity index (χ2v) is 4.51. The van der Waals surface area contributed by atoms with Gasteiger partial charge in [-0.2, -0.15) is 0 Å². The van der Waals surface area contributed by atoms with Crippen LogP contribution in [0.4, 0.5) is 5.69 Å². The molecule has 0 amide bonds. The van der Waals surface area contributed by atoms with E-state index in [0.29, 0.717) is 0 Å². The molecule has 0 bridgehead atoms. The minimum absolute atomic E-state index is 0.846. The van der Waals surface area contributed by atoms with Gasteiger partial charge in [0, 0.05) is 12.2 Å². The lowest BCUT2D eigenvalue weighted by Gasteiger charge is -2.07. The molecule has 0 heterocycles. The van der Waals surface area contributed by atoms with Crippen molar-refractivity contribution in [3.8, 4) is 0 Å². The molecular formula is C17H19N. The summed E-state index contributed by atoms with van der Waals surface area (Å²) in [5, 5.41) is 3.42. The summed E-state index contributed by atoms with van der Waals surface area (Å²) in [5.74, 6) is 0. The number of hydrogen-bond donors (Lipinski definition) is 1. The molecule has 0 aliphatic rings. The van der Waals surface area contributed by atoms with Crippen LogP contribution in [0.1, 0.15) is 16.7 Å². The molecule has 0 radical (unpaired) electrons. The van der Waals surface area contributed by atoms with Gasteiger partial charge >= 0.3 is 0 Å². The molecule has 0 saturated heterocycles. The first-order valence-corrected chi connectivity index (χ1v) is 6.28. The van der Waals surface area contributed by atoms with Crippen molar-refractivity contribution in [2.75, 3.05) is 11.9 Å². The molecule has 0 unspecified atom stereocenters. The van der Waals surface area contributed by atoms with E-state index in [9.17, 15) is 0 Å². The van der Waals surface area contributed by atoms with Crippen LogP contribution in [0.2, 0.25) is 0 Å². The Labute approximate surface area is 109 Å². The molecule has 0 aliphatic carbocycles. The maximum Gasteiger partial charge on any atom is 0.0372 e. The highest BCUT2D eigenvalue weighted by molar-refractivity contribution is 5.54. The SMILES string of the molecule is Cc1ccc(NCC=Cc2ccccc2)c(C)c1.